The van der Waals surface area contributed by atoms with Crippen LogP contribution in [0.4, 0.5) is 17.1 Å². The summed E-state index contributed by atoms with van der Waals surface area (Å²) >= 11 is 0. The Labute approximate surface area is 360 Å². The van der Waals surface area contributed by atoms with Gasteiger partial charge in [-0.15, -0.1) is 0 Å². The topological polar surface area (TPSA) is 21.3 Å². The molecule has 12 aromatic rings. The van der Waals surface area contributed by atoms with E-state index in [4.69, 9.17) is 4.42 Å². The highest BCUT2D eigenvalue weighted by Gasteiger charge is 2.22. The van der Waals surface area contributed by atoms with Gasteiger partial charge in [0.1, 0.15) is 11.2 Å². The lowest BCUT2D eigenvalue weighted by atomic mass is 9.95. The Kier molecular flexibility index (Phi) is 8.57. The average molecular weight is 793 g/mol. The van der Waals surface area contributed by atoms with Gasteiger partial charge in [-0.25, -0.2) is 0 Å². The quantitative estimate of drug-likeness (QED) is 0.153. The van der Waals surface area contributed by atoms with Crippen molar-refractivity contribution in [3.63, 3.8) is 0 Å². The van der Waals surface area contributed by atoms with E-state index in [0.29, 0.717) is 6.42 Å². The van der Waals surface area contributed by atoms with Crippen molar-refractivity contribution in [3.05, 3.63) is 242 Å². The van der Waals surface area contributed by atoms with Crippen LogP contribution in [0.25, 0.3) is 82.5 Å². The zero-order chi connectivity index (χ0) is 41.0. The Morgan fingerprint density at radius 3 is 1.69 bits per heavy atom. The van der Waals surface area contributed by atoms with Crippen LogP contribution < -0.4 is 4.90 Å². The van der Waals surface area contributed by atoms with Gasteiger partial charge in [0.2, 0.25) is 0 Å². The van der Waals surface area contributed by atoms with Gasteiger partial charge in [-0.2, -0.15) is 0 Å². The number of rotatable bonds is 8. The highest BCUT2D eigenvalue weighted by atomic mass is 16.3. The summed E-state index contributed by atoms with van der Waals surface area (Å²) in [5.74, 6) is 0. The van der Waals surface area contributed by atoms with E-state index in [1.165, 1.54) is 66.0 Å². The molecule has 3 heteroatoms. The SMILES string of the molecule is c1ccc(-c2ccc(-c3ccc(N(c4ccccc4)c4cc(Cc5cccc6c7ccccc7n(-c7ccccc7)c56)c5c(c4)oc4ccc6ccccc6c45)cc3)cc2)cc1. The Balaban J connectivity index is 1.05. The third-order valence-electron chi connectivity index (χ3n) is 12.4. The highest BCUT2D eigenvalue weighted by Crippen LogP contribution is 2.44. The van der Waals surface area contributed by atoms with Crippen molar-refractivity contribution in [3.8, 4) is 27.9 Å². The molecule has 0 fully saturated rings. The zero-order valence-corrected chi connectivity index (χ0v) is 33.9. The fraction of sp³-hybridized carbons (Fsp3) is 0.0169. The summed E-state index contributed by atoms with van der Waals surface area (Å²) in [5.41, 5.74) is 15.8. The Morgan fingerprint density at radius 2 is 0.952 bits per heavy atom. The molecule has 2 aromatic heterocycles. The van der Waals surface area contributed by atoms with Gasteiger partial charge >= 0.3 is 0 Å². The molecule has 0 unspecified atom stereocenters. The summed E-state index contributed by atoms with van der Waals surface area (Å²) < 4.78 is 9.36. The molecule has 0 aliphatic carbocycles. The van der Waals surface area contributed by atoms with Crippen LogP contribution in [-0.4, -0.2) is 4.57 Å². The number of hydrogen-bond donors (Lipinski definition) is 0. The molecule has 0 aliphatic rings. The molecule has 2 heterocycles. The number of fused-ring (bicyclic) bond motifs is 8. The van der Waals surface area contributed by atoms with Crippen LogP contribution in [0.3, 0.4) is 0 Å². The molecule has 12 rings (SSSR count). The molecule has 0 bridgehead atoms. The van der Waals surface area contributed by atoms with Crippen molar-refractivity contribution < 1.29 is 4.42 Å². The normalized spacial score (nSPS) is 11.6. The van der Waals surface area contributed by atoms with Crippen LogP contribution in [0.5, 0.6) is 0 Å². The molecule has 0 spiro atoms. The fourth-order valence-electron chi connectivity index (χ4n) is 9.60. The van der Waals surface area contributed by atoms with Gasteiger partial charge in [-0.1, -0.05) is 170 Å². The maximum Gasteiger partial charge on any atom is 0.137 e. The third-order valence-corrected chi connectivity index (χ3v) is 12.4. The molecular formula is C59H40N2O. The van der Waals surface area contributed by atoms with E-state index < -0.39 is 0 Å². The first kappa shape index (κ1) is 35.8. The predicted octanol–water partition coefficient (Wildman–Crippen LogP) is 16.2. The maximum absolute atomic E-state index is 6.92. The van der Waals surface area contributed by atoms with Crippen molar-refractivity contribution in [1.29, 1.82) is 0 Å². The van der Waals surface area contributed by atoms with E-state index in [1.807, 2.05) is 0 Å². The van der Waals surface area contributed by atoms with Gasteiger partial charge in [-0.05, 0) is 98.8 Å². The summed E-state index contributed by atoms with van der Waals surface area (Å²) in [6, 6.07) is 82.9. The Bertz CT molecular complexity index is 3570. The van der Waals surface area contributed by atoms with E-state index in [0.717, 1.165) is 44.7 Å². The van der Waals surface area contributed by atoms with Gasteiger partial charge in [0.05, 0.1) is 16.7 Å². The summed E-state index contributed by atoms with van der Waals surface area (Å²) in [6.45, 7) is 0. The molecule has 0 radical (unpaired) electrons. The Morgan fingerprint density at radius 1 is 0.371 bits per heavy atom. The van der Waals surface area contributed by atoms with Gasteiger partial charge in [-0.3, -0.25) is 0 Å². The lowest BCUT2D eigenvalue weighted by Gasteiger charge is -2.26. The molecule has 0 atom stereocenters. The number of aromatic nitrogens is 1. The van der Waals surface area contributed by atoms with Gasteiger partial charge in [0.15, 0.2) is 0 Å². The molecular weight excluding hydrogens is 753 g/mol. The minimum Gasteiger partial charge on any atom is -0.456 e. The monoisotopic (exact) mass is 792 g/mol. The summed E-state index contributed by atoms with van der Waals surface area (Å²) in [4.78, 5) is 2.36. The van der Waals surface area contributed by atoms with Crippen LogP contribution in [0, 0.1) is 0 Å². The number of nitrogens with zero attached hydrogens (tertiary/aromatic N) is 2. The second-order valence-electron chi connectivity index (χ2n) is 16.1. The largest absolute Gasteiger partial charge is 0.456 e. The second-order valence-corrected chi connectivity index (χ2v) is 16.1. The minimum absolute atomic E-state index is 0.698. The smallest absolute Gasteiger partial charge is 0.137 e. The number of benzene rings is 10. The predicted molar refractivity (Wildman–Crippen MR) is 260 cm³/mol. The molecule has 0 saturated carbocycles. The molecule has 292 valence electrons. The van der Waals surface area contributed by atoms with Gasteiger partial charge in [0, 0.05) is 51.1 Å². The lowest BCUT2D eigenvalue weighted by molar-refractivity contribution is 0.669. The first-order valence-electron chi connectivity index (χ1n) is 21.3. The number of hydrogen-bond acceptors (Lipinski definition) is 2. The summed E-state index contributed by atoms with van der Waals surface area (Å²) in [7, 11) is 0. The first-order valence-corrected chi connectivity index (χ1v) is 21.3. The van der Waals surface area contributed by atoms with Crippen LogP contribution >= 0.6 is 0 Å². The van der Waals surface area contributed by atoms with E-state index >= 15 is 0 Å². The van der Waals surface area contributed by atoms with E-state index in [1.54, 1.807) is 0 Å². The lowest BCUT2D eigenvalue weighted by Crippen LogP contribution is -2.10. The second kappa shape index (κ2) is 14.8. The number of para-hydroxylation sites is 4. The van der Waals surface area contributed by atoms with Crippen LogP contribution in [-0.2, 0) is 6.42 Å². The van der Waals surface area contributed by atoms with Crippen molar-refractivity contribution in [2.45, 2.75) is 6.42 Å². The molecule has 0 saturated heterocycles. The molecule has 3 nitrogen and oxygen atoms in total. The van der Waals surface area contributed by atoms with Crippen molar-refractivity contribution >= 4 is 71.6 Å². The molecule has 62 heavy (non-hydrogen) atoms. The van der Waals surface area contributed by atoms with E-state index in [-0.39, 0.29) is 0 Å². The van der Waals surface area contributed by atoms with Crippen molar-refractivity contribution in [1.82, 2.24) is 4.57 Å². The van der Waals surface area contributed by atoms with Gasteiger partial charge in [0.25, 0.3) is 0 Å². The Hall–Kier alpha value is -8.14. The summed E-state index contributed by atoms with van der Waals surface area (Å²) in [5, 5.41) is 7.20. The summed E-state index contributed by atoms with van der Waals surface area (Å²) in [6.07, 6.45) is 0.698. The molecule has 0 amide bonds. The standard InChI is InChI=1S/C59H40N2O/c1-4-15-40(16-5-1)41-27-29-42(30-28-41)43-31-34-49(35-32-43)60(47-19-6-2-7-20-47)50-38-46(57-56(39-50)62-55-36-33-44-17-10-11-23-51(44)58(55)57)37-45-18-14-25-53-52-24-12-13-26-54(52)61(59(45)53)48-21-8-3-9-22-48/h1-36,38-39H,37H2. The fourth-order valence-corrected chi connectivity index (χ4v) is 9.60. The first-order chi connectivity index (χ1) is 30.7. The average Bonchev–Trinajstić information content (AvgIpc) is 3.90. The van der Waals surface area contributed by atoms with E-state index in [2.05, 4.69) is 240 Å². The van der Waals surface area contributed by atoms with Crippen LogP contribution in [0.1, 0.15) is 11.1 Å². The minimum atomic E-state index is 0.698. The van der Waals surface area contributed by atoms with Crippen LogP contribution in [0.2, 0.25) is 0 Å². The van der Waals surface area contributed by atoms with Crippen molar-refractivity contribution in [2.75, 3.05) is 4.90 Å². The highest BCUT2D eigenvalue weighted by molar-refractivity contribution is 6.20. The van der Waals surface area contributed by atoms with Crippen LogP contribution in [0.15, 0.2) is 235 Å². The molecule has 10 aromatic carbocycles. The zero-order valence-electron chi connectivity index (χ0n) is 33.9. The molecule has 0 N–H and O–H groups in total. The maximum atomic E-state index is 6.92. The molecule has 0 aliphatic heterocycles. The van der Waals surface area contributed by atoms with E-state index in [9.17, 15) is 0 Å². The van der Waals surface area contributed by atoms with Crippen molar-refractivity contribution in [2.24, 2.45) is 0 Å². The number of furan rings is 1. The number of anilines is 3. The third kappa shape index (κ3) is 6.05. The van der Waals surface area contributed by atoms with Gasteiger partial charge < -0.3 is 13.9 Å².